The molecule has 4 rings (SSSR count). The van der Waals surface area contributed by atoms with Crippen LogP contribution in [0.2, 0.25) is 0 Å². The SMILES string of the molecule is N#Cc1ccc(C(=O)N(Cc2ccccc2NC(=O)C2CC2)C2CCC(N)CC2)cc1. The molecule has 2 saturated carbocycles. The van der Waals surface area contributed by atoms with Crippen molar-refractivity contribution in [2.45, 2.75) is 57.2 Å². The Hall–Kier alpha value is -3.17. The maximum Gasteiger partial charge on any atom is 0.254 e. The largest absolute Gasteiger partial charge is 0.331 e. The molecule has 0 aliphatic heterocycles. The summed E-state index contributed by atoms with van der Waals surface area (Å²) in [7, 11) is 0. The van der Waals surface area contributed by atoms with Crippen molar-refractivity contribution in [3.63, 3.8) is 0 Å². The van der Waals surface area contributed by atoms with E-state index in [-0.39, 0.29) is 29.8 Å². The zero-order valence-corrected chi connectivity index (χ0v) is 17.6. The lowest BCUT2D eigenvalue weighted by molar-refractivity contribution is -0.117. The molecule has 2 amide bonds. The Morgan fingerprint density at radius 3 is 2.32 bits per heavy atom. The van der Waals surface area contributed by atoms with Crippen LogP contribution >= 0.6 is 0 Å². The second-order valence-electron chi connectivity index (χ2n) is 8.61. The van der Waals surface area contributed by atoms with Gasteiger partial charge in [-0.2, -0.15) is 5.26 Å². The molecule has 0 unspecified atom stereocenters. The summed E-state index contributed by atoms with van der Waals surface area (Å²) in [6.45, 7) is 0.417. The number of hydrogen-bond donors (Lipinski definition) is 2. The van der Waals surface area contributed by atoms with E-state index in [0.29, 0.717) is 17.7 Å². The number of carbonyl (C=O) groups excluding carboxylic acids is 2. The molecule has 3 N–H and O–H groups in total. The van der Waals surface area contributed by atoms with Crippen LogP contribution in [0.15, 0.2) is 48.5 Å². The van der Waals surface area contributed by atoms with Crippen molar-refractivity contribution in [1.82, 2.24) is 4.90 Å². The van der Waals surface area contributed by atoms with E-state index in [1.807, 2.05) is 29.2 Å². The van der Waals surface area contributed by atoms with E-state index in [1.165, 1.54) is 0 Å². The topological polar surface area (TPSA) is 99.2 Å². The number of nitrogens with two attached hydrogens (primary N) is 1. The van der Waals surface area contributed by atoms with Crippen LogP contribution < -0.4 is 11.1 Å². The first kappa shape index (κ1) is 21.1. The fourth-order valence-corrected chi connectivity index (χ4v) is 4.18. The van der Waals surface area contributed by atoms with Crippen molar-refractivity contribution in [2.75, 3.05) is 5.32 Å². The molecule has 160 valence electrons. The van der Waals surface area contributed by atoms with Gasteiger partial charge in [0.05, 0.1) is 11.6 Å². The molecule has 2 fully saturated rings. The third kappa shape index (κ3) is 5.12. The molecule has 0 aromatic heterocycles. The van der Waals surface area contributed by atoms with Gasteiger partial charge in [0.25, 0.3) is 5.91 Å². The molecular weight excluding hydrogens is 388 g/mol. The van der Waals surface area contributed by atoms with E-state index in [2.05, 4.69) is 11.4 Å². The second-order valence-corrected chi connectivity index (χ2v) is 8.61. The molecule has 0 atom stereocenters. The highest BCUT2D eigenvalue weighted by Gasteiger charge is 2.31. The zero-order valence-electron chi connectivity index (χ0n) is 17.6. The Morgan fingerprint density at radius 1 is 1.00 bits per heavy atom. The first-order chi connectivity index (χ1) is 15.0. The van der Waals surface area contributed by atoms with Gasteiger partial charge < -0.3 is 16.0 Å². The summed E-state index contributed by atoms with van der Waals surface area (Å²) < 4.78 is 0. The van der Waals surface area contributed by atoms with Gasteiger partial charge in [0.1, 0.15) is 0 Å². The highest BCUT2D eigenvalue weighted by atomic mass is 16.2. The highest BCUT2D eigenvalue weighted by Crippen LogP contribution is 2.32. The smallest absolute Gasteiger partial charge is 0.254 e. The van der Waals surface area contributed by atoms with E-state index in [4.69, 9.17) is 11.0 Å². The minimum absolute atomic E-state index is 0.0565. The first-order valence-corrected chi connectivity index (χ1v) is 11.0. The van der Waals surface area contributed by atoms with Crippen molar-refractivity contribution < 1.29 is 9.59 Å². The lowest BCUT2D eigenvalue weighted by atomic mass is 9.90. The third-order valence-corrected chi connectivity index (χ3v) is 6.27. The average molecular weight is 417 g/mol. The van der Waals surface area contributed by atoms with Gasteiger partial charge in [-0.15, -0.1) is 0 Å². The average Bonchev–Trinajstić information content (AvgIpc) is 3.64. The Balaban J connectivity index is 1.59. The summed E-state index contributed by atoms with van der Waals surface area (Å²) in [5.41, 5.74) is 8.88. The number of anilines is 1. The fraction of sp³-hybridized carbons (Fsp3) is 0.400. The molecular formula is C25H28N4O2. The van der Waals surface area contributed by atoms with Crippen molar-refractivity contribution >= 4 is 17.5 Å². The van der Waals surface area contributed by atoms with Gasteiger partial charge in [0.2, 0.25) is 5.91 Å². The summed E-state index contributed by atoms with van der Waals surface area (Å²) >= 11 is 0. The molecule has 0 heterocycles. The fourth-order valence-electron chi connectivity index (χ4n) is 4.18. The van der Waals surface area contributed by atoms with Gasteiger partial charge in [-0.3, -0.25) is 9.59 Å². The third-order valence-electron chi connectivity index (χ3n) is 6.27. The minimum Gasteiger partial charge on any atom is -0.331 e. The van der Waals surface area contributed by atoms with Crippen molar-refractivity contribution in [3.05, 3.63) is 65.2 Å². The number of nitrogens with zero attached hydrogens (tertiary/aromatic N) is 2. The van der Waals surface area contributed by atoms with Gasteiger partial charge >= 0.3 is 0 Å². The summed E-state index contributed by atoms with van der Waals surface area (Å²) in [4.78, 5) is 27.8. The molecule has 6 heteroatoms. The number of rotatable bonds is 6. The summed E-state index contributed by atoms with van der Waals surface area (Å²) in [6.07, 6.45) is 5.39. The lowest BCUT2D eigenvalue weighted by Gasteiger charge is -2.36. The van der Waals surface area contributed by atoms with Crippen molar-refractivity contribution in [3.8, 4) is 6.07 Å². The molecule has 31 heavy (non-hydrogen) atoms. The number of para-hydroxylation sites is 1. The number of carbonyl (C=O) groups is 2. The molecule has 0 saturated heterocycles. The Bertz CT molecular complexity index is 983. The van der Waals surface area contributed by atoms with E-state index in [0.717, 1.165) is 49.8 Å². The first-order valence-electron chi connectivity index (χ1n) is 11.0. The van der Waals surface area contributed by atoms with Crippen LogP contribution in [0.4, 0.5) is 5.69 Å². The van der Waals surface area contributed by atoms with Gasteiger partial charge in [-0.25, -0.2) is 0 Å². The quantitative estimate of drug-likeness (QED) is 0.748. The van der Waals surface area contributed by atoms with Gasteiger partial charge in [-0.1, -0.05) is 18.2 Å². The van der Waals surface area contributed by atoms with Crippen LogP contribution in [0.25, 0.3) is 0 Å². The van der Waals surface area contributed by atoms with Crippen LogP contribution in [0, 0.1) is 17.2 Å². The second kappa shape index (κ2) is 9.32. The predicted octanol–water partition coefficient (Wildman–Crippen LogP) is 3.82. The van der Waals surface area contributed by atoms with Crippen LogP contribution in [0.5, 0.6) is 0 Å². The predicted molar refractivity (Wildman–Crippen MR) is 119 cm³/mol. The molecule has 2 aliphatic rings. The maximum atomic E-state index is 13.5. The summed E-state index contributed by atoms with van der Waals surface area (Å²) in [6, 6.07) is 16.8. The molecule has 2 aromatic carbocycles. The van der Waals surface area contributed by atoms with Gasteiger partial charge in [0.15, 0.2) is 0 Å². The number of nitrogens with one attached hydrogen (secondary N) is 1. The van der Waals surface area contributed by atoms with Crippen LogP contribution in [-0.2, 0) is 11.3 Å². The van der Waals surface area contributed by atoms with Crippen LogP contribution in [0.3, 0.4) is 0 Å². The molecule has 0 radical (unpaired) electrons. The molecule has 6 nitrogen and oxygen atoms in total. The van der Waals surface area contributed by atoms with E-state index in [9.17, 15) is 9.59 Å². The molecule has 0 bridgehead atoms. The lowest BCUT2D eigenvalue weighted by Crippen LogP contribution is -2.44. The Labute approximate surface area is 183 Å². The Morgan fingerprint density at radius 2 is 1.68 bits per heavy atom. The Kier molecular flexibility index (Phi) is 6.34. The van der Waals surface area contributed by atoms with E-state index < -0.39 is 0 Å². The van der Waals surface area contributed by atoms with E-state index in [1.54, 1.807) is 24.3 Å². The zero-order chi connectivity index (χ0) is 21.8. The number of nitriles is 1. The normalized spacial score (nSPS) is 20.5. The number of amides is 2. The van der Waals surface area contributed by atoms with Crippen molar-refractivity contribution in [2.24, 2.45) is 11.7 Å². The van der Waals surface area contributed by atoms with Gasteiger partial charge in [0, 0.05) is 35.8 Å². The summed E-state index contributed by atoms with van der Waals surface area (Å²) in [5.74, 6) is 0.110. The molecule has 2 aromatic rings. The standard InChI is InChI=1S/C25H28N4O2/c26-15-17-5-7-19(8-6-17)25(31)29(22-13-11-21(27)12-14-22)16-20-3-1-2-4-23(20)28-24(30)18-9-10-18/h1-8,18,21-22H,9-14,16,27H2,(H,28,30). The van der Waals surface area contributed by atoms with Gasteiger partial charge in [-0.05, 0) is 74.4 Å². The monoisotopic (exact) mass is 416 g/mol. The van der Waals surface area contributed by atoms with Crippen molar-refractivity contribution in [1.29, 1.82) is 5.26 Å². The van der Waals surface area contributed by atoms with Crippen LogP contribution in [-0.4, -0.2) is 28.8 Å². The van der Waals surface area contributed by atoms with Crippen LogP contribution in [0.1, 0.15) is 60.0 Å². The molecule has 2 aliphatic carbocycles. The highest BCUT2D eigenvalue weighted by molar-refractivity contribution is 5.96. The molecule has 0 spiro atoms. The minimum atomic E-state index is -0.0618. The van der Waals surface area contributed by atoms with E-state index >= 15 is 0 Å². The summed E-state index contributed by atoms with van der Waals surface area (Å²) in [5, 5.41) is 12.1. The number of hydrogen-bond acceptors (Lipinski definition) is 4. The maximum absolute atomic E-state index is 13.5. The number of benzene rings is 2.